The number of nitrogens with one attached hydrogen (secondary N) is 2. The number of halogens is 3. The van der Waals surface area contributed by atoms with Crippen LogP contribution in [0.25, 0.3) is 0 Å². The number of carbonyl (C=O) groups is 1. The Bertz CT molecular complexity index is 729. The van der Waals surface area contributed by atoms with Crippen LogP contribution in [0, 0.1) is 0 Å². The molecule has 1 saturated carbocycles. The minimum Gasteiger partial charge on any atom is -0.348 e. The number of amides is 1. The lowest BCUT2D eigenvalue weighted by atomic mass is 9.98. The van der Waals surface area contributed by atoms with Crippen molar-refractivity contribution in [2.24, 2.45) is 5.73 Å². The molecule has 0 unspecified atom stereocenters. The van der Waals surface area contributed by atoms with Crippen LogP contribution < -0.4 is 15.8 Å². The molecule has 0 saturated heterocycles. The number of carbonyl (C=O) groups excluding carboxylic acids is 1. The van der Waals surface area contributed by atoms with Crippen molar-refractivity contribution in [1.29, 1.82) is 0 Å². The van der Waals surface area contributed by atoms with E-state index in [0.717, 1.165) is 43.9 Å². The summed E-state index contributed by atoms with van der Waals surface area (Å²) < 4.78 is 64.3. The molecule has 0 spiro atoms. The maximum absolute atomic E-state index is 12.7. The van der Waals surface area contributed by atoms with Gasteiger partial charge >= 0.3 is 6.18 Å². The Labute approximate surface area is 144 Å². The van der Waals surface area contributed by atoms with Crippen molar-refractivity contribution in [1.82, 2.24) is 10.0 Å². The van der Waals surface area contributed by atoms with E-state index in [9.17, 15) is 26.4 Å². The van der Waals surface area contributed by atoms with Gasteiger partial charge in [-0.1, -0.05) is 18.9 Å². The van der Waals surface area contributed by atoms with E-state index in [1.165, 1.54) is 0 Å². The highest BCUT2D eigenvalue weighted by molar-refractivity contribution is 7.89. The zero-order valence-electron chi connectivity index (χ0n) is 13.4. The Hall–Kier alpha value is -1.65. The molecule has 0 heterocycles. The Morgan fingerprint density at radius 3 is 2.44 bits per heavy atom. The number of sulfonamides is 1. The van der Waals surface area contributed by atoms with Gasteiger partial charge in [0, 0.05) is 6.54 Å². The van der Waals surface area contributed by atoms with Crippen LogP contribution in [0.3, 0.4) is 0 Å². The third kappa shape index (κ3) is 4.93. The Morgan fingerprint density at radius 1 is 1.24 bits per heavy atom. The lowest BCUT2D eigenvalue weighted by Gasteiger charge is -2.28. The Kier molecular flexibility index (Phi) is 5.75. The predicted molar refractivity (Wildman–Crippen MR) is 85.0 cm³/mol. The molecule has 0 radical (unpaired) electrons. The van der Waals surface area contributed by atoms with Crippen LogP contribution in [0.15, 0.2) is 29.2 Å². The third-order valence-electron chi connectivity index (χ3n) is 4.25. The maximum atomic E-state index is 12.7. The molecule has 10 heteroatoms. The second-order valence-electron chi connectivity index (χ2n) is 6.09. The molecule has 0 aliphatic heterocycles. The van der Waals surface area contributed by atoms with Crippen molar-refractivity contribution in [2.75, 3.05) is 13.1 Å². The van der Waals surface area contributed by atoms with Gasteiger partial charge in [-0.3, -0.25) is 4.79 Å². The van der Waals surface area contributed by atoms with Crippen molar-refractivity contribution in [3.8, 4) is 0 Å². The molecule has 0 bridgehead atoms. The van der Waals surface area contributed by atoms with Crippen LogP contribution >= 0.6 is 0 Å². The summed E-state index contributed by atoms with van der Waals surface area (Å²) in [5.41, 5.74) is 4.08. The highest BCUT2D eigenvalue weighted by Crippen LogP contribution is 2.30. The highest BCUT2D eigenvalue weighted by atomic mass is 32.2. The summed E-state index contributed by atoms with van der Waals surface area (Å²) in [6, 6.07) is 3.34. The SMILES string of the molecule is NCC1(NC(=O)CNS(=O)(=O)c2cccc(C(F)(F)F)c2)CCCC1. The van der Waals surface area contributed by atoms with Crippen LogP contribution in [0.2, 0.25) is 0 Å². The second-order valence-corrected chi connectivity index (χ2v) is 7.86. The average Bonchev–Trinajstić information content (AvgIpc) is 3.01. The number of benzene rings is 1. The molecule has 140 valence electrons. The molecule has 1 aromatic carbocycles. The zero-order chi connectivity index (χ0) is 18.7. The maximum Gasteiger partial charge on any atom is 0.416 e. The highest BCUT2D eigenvalue weighted by Gasteiger charge is 2.34. The fourth-order valence-electron chi connectivity index (χ4n) is 2.86. The first kappa shape index (κ1) is 19.7. The molecule has 1 aromatic rings. The fourth-order valence-corrected chi connectivity index (χ4v) is 3.88. The monoisotopic (exact) mass is 379 g/mol. The van der Waals surface area contributed by atoms with Gasteiger partial charge in [0.15, 0.2) is 0 Å². The molecule has 2 rings (SSSR count). The Balaban J connectivity index is 2.03. The van der Waals surface area contributed by atoms with Gasteiger partial charge in [-0.25, -0.2) is 13.1 Å². The average molecular weight is 379 g/mol. The first-order valence-electron chi connectivity index (χ1n) is 7.76. The second kappa shape index (κ2) is 7.30. The van der Waals surface area contributed by atoms with Gasteiger partial charge in [0.1, 0.15) is 0 Å². The van der Waals surface area contributed by atoms with E-state index in [1.807, 2.05) is 4.72 Å². The molecule has 1 aliphatic rings. The lowest BCUT2D eigenvalue weighted by molar-refractivity contribution is -0.137. The first-order chi connectivity index (χ1) is 11.6. The van der Waals surface area contributed by atoms with Crippen molar-refractivity contribution in [3.63, 3.8) is 0 Å². The van der Waals surface area contributed by atoms with Gasteiger partial charge in [-0.05, 0) is 31.0 Å². The van der Waals surface area contributed by atoms with Gasteiger partial charge in [0.05, 0.1) is 22.5 Å². The molecule has 25 heavy (non-hydrogen) atoms. The zero-order valence-corrected chi connectivity index (χ0v) is 14.2. The van der Waals surface area contributed by atoms with Gasteiger partial charge in [-0.2, -0.15) is 13.2 Å². The number of rotatable bonds is 6. The molecule has 0 atom stereocenters. The van der Waals surface area contributed by atoms with Gasteiger partial charge in [0.2, 0.25) is 15.9 Å². The summed E-state index contributed by atoms with van der Waals surface area (Å²) in [4.78, 5) is 11.4. The van der Waals surface area contributed by atoms with E-state index in [1.54, 1.807) is 0 Å². The smallest absolute Gasteiger partial charge is 0.348 e. The number of alkyl halides is 3. The van der Waals surface area contributed by atoms with Crippen LogP contribution in [-0.4, -0.2) is 33.0 Å². The van der Waals surface area contributed by atoms with E-state index < -0.39 is 44.6 Å². The Morgan fingerprint density at radius 2 is 1.88 bits per heavy atom. The van der Waals surface area contributed by atoms with Crippen LogP contribution in [0.4, 0.5) is 13.2 Å². The lowest BCUT2D eigenvalue weighted by Crippen LogP contribution is -2.54. The van der Waals surface area contributed by atoms with E-state index in [4.69, 9.17) is 5.73 Å². The summed E-state index contributed by atoms with van der Waals surface area (Å²) in [7, 11) is -4.24. The predicted octanol–water partition coefficient (Wildman–Crippen LogP) is 1.37. The summed E-state index contributed by atoms with van der Waals surface area (Å²) in [6.45, 7) is -0.320. The molecular weight excluding hydrogens is 359 g/mol. The van der Waals surface area contributed by atoms with E-state index in [0.29, 0.717) is 6.07 Å². The van der Waals surface area contributed by atoms with E-state index in [2.05, 4.69) is 5.32 Å². The fraction of sp³-hybridized carbons (Fsp3) is 0.533. The number of nitrogens with two attached hydrogens (primary N) is 1. The van der Waals surface area contributed by atoms with Gasteiger partial charge in [0.25, 0.3) is 0 Å². The van der Waals surface area contributed by atoms with Crippen molar-refractivity contribution >= 4 is 15.9 Å². The first-order valence-corrected chi connectivity index (χ1v) is 9.24. The van der Waals surface area contributed by atoms with Crippen LogP contribution in [-0.2, 0) is 21.0 Å². The summed E-state index contributed by atoms with van der Waals surface area (Å²) >= 11 is 0. The molecule has 6 nitrogen and oxygen atoms in total. The quantitative estimate of drug-likeness (QED) is 0.695. The molecule has 1 aliphatic carbocycles. The topological polar surface area (TPSA) is 101 Å². The molecule has 0 aromatic heterocycles. The van der Waals surface area contributed by atoms with Crippen molar-refractivity contribution in [2.45, 2.75) is 42.3 Å². The molecule has 1 fully saturated rings. The summed E-state index contributed by atoms with van der Waals surface area (Å²) in [6.07, 6.45) is -1.37. The minimum atomic E-state index is -4.65. The van der Waals surface area contributed by atoms with Crippen molar-refractivity contribution in [3.05, 3.63) is 29.8 Å². The van der Waals surface area contributed by atoms with Gasteiger partial charge in [-0.15, -0.1) is 0 Å². The number of hydrogen-bond donors (Lipinski definition) is 3. The van der Waals surface area contributed by atoms with Gasteiger partial charge < -0.3 is 11.1 Å². The normalized spacial score (nSPS) is 17.4. The number of hydrogen-bond acceptors (Lipinski definition) is 4. The van der Waals surface area contributed by atoms with E-state index in [-0.39, 0.29) is 6.54 Å². The molecule has 4 N–H and O–H groups in total. The van der Waals surface area contributed by atoms with Crippen molar-refractivity contribution < 1.29 is 26.4 Å². The largest absolute Gasteiger partial charge is 0.416 e. The minimum absolute atomic E-state index is 0.249. The summed E-state index contributed by atoms with van der Waals surface area (Å²) in [5, 5.41) is 2.73. The third-order valence-corrected chi connectivity index (χ3v) is 5.65. The standard InChI is InChI=1S/C15H20F3N3O3S/c16-15(17,18)11-4-3-5-12(8-11)25(23,24)20-9-13(22)21-14(10-19)6-1-2-7-14/h3-5,8,20H,1-2,6-7,9-10,19H2,(H,21,22). The summed E-state index contributed by atoms with van der Waals surface area (Å²) in [5.74, 6) is -0.567. The van der Waals surface area contributed by atoms with Crippen LogP contribution in [0.1, 0.15) is 31.2 Å². The molecule has 1 amide bonds. The molecular formula is C15H20F3N3O3S. The van der Waals surface area contributed by atoms with E-state index >= 15 is 0 Å². The van der Waals surface area contributed by atoms with Crippen LogP contribution in [0.5, 0.6) is 0 Å².